The van der Waals surface area contributed by atoms with Gasteiger partial charge in [0.2, 0.25) is 5.91 Å². The van der Waals surface area contributed by atoms with Crippen LogP contribution in [-0.2, 0) is 16.1 Å². The van der Waals surface area contributed by atoms with Crippen LogP contribution in [0.2, 0.25) is 0 Å². The Hall–Kier alpha value is -2.60. The molecule has 0 unspecified atom stereocenters. The molecule has 2 aromatic rings. The third-order valence-corrected chi connectivity index (χ3v) is 8.97. The monoisotopic (exact) mass is 505 g/mol. The first kappa shape index (κ1) is 26.0. The number of ether oxygens (including phenoxy) is 1. The number of methoxy groups -OCH3 is 1. The van der Waals surface area contributed by atoms with Gasteiger partial charge in [-0.2, -0.15) is 0 Å². The standard InChI is InChI=1S/C31H43N3O3/c1-32(2)25-16-18-33(19-17-25)28(35)21-34-27-20-24(31(36)37-3)14-15-26(27)29(22-10-6-4-7-11-22)30(34)23-12-8-5-9-13-23/h12,14-15,20,22,25H,4-11,13,16-19,21H2,1-3H3. The van der Waals surface area contributed by atoms with Gasteiger partial charge < -0.3 is 19.1 Å². The highest BCUT2D eigenvalue weighted by atomic mass is 16.5. The Kier molecular flexibility index (Phi) is 8.04. The summed E-state index contributed by atoms with van der Waals surface area (Å²) in [6.07, 6.45) is 15.2. The number of rotatable bonds is 6. The van der Waals surface area contributed by atoms with Crippen molar-refractivity contribution < 1.29 is 14.3 Å². The van der Waals surface area contributed by atoms with Crippen LogP contribution in [0.15, 0.2) is 24.3 Å². The first-order chi connectivity index (χ1) is 18.0. The Labute approximate surface area is 221 Å². The van der Waals surface area contributed by atoms with Crippen molar-refractivity contribution in [1.29, 1.82) is 0 Å². The third kappa shape index (κ3) is 5.36. The Morgan fingerprint density at radius 2 is 1.76 bits per heavy atom. The first-order valence-corrected chi connectivity index (χ1v) is 14.4. The summed E-state index contributed by atoms with van der Waals surface area (Å²) in [4.78, 5) is 30.6. The zero-order valence-corrected chi connectivity index (χ0v) is 22.9. The van der Waals surface area contributed by atoms with Crippen LogP contribution in [0, 0.1) is 0 Å². The van der Waals surface area contributed by atoms with Gasteiger partial charge in [-0.1, -0.05) is 31.4 Å². The van der Waals surface area contributed by atoms with E-state index < -0.39 is 0 Å². The molecule has 1 amide bonds. The molecule has 1 aliphatic heterocycles. The number of carbonyl (C=O) groups is 2. The van der Waals surface area contributed by atoms with Crippen molar-refractivity contribution >= 4 is 28.4 Å². The van der Waals surface area contributed by atoms with Gasteiger partial charge in [0.1, 0.15) is 6.54 Å². The summed E-state index contributed by atoms with van der Waals surface area (Å²) in [7, 11) is 5.69. The summed E-state index contributed by atoms with van der Waals surface area (Å²) < 4.78 is 7.33. The van der Waals surface area contributed by atoms with Crippen LogP contribution < -0.4 is 0 Å². The molecule has 37 heavy (non-hydrogen) atoms. The third-order valence-electron chi connectivity index (χ3n) is 8.97. The Morgan fingerprint density at radius 3 is 2.41 bits per heavy atom. The Morgan fingerprint density at radius 1 is 1.00 bits per heavy atom. The normalized spacial score (nSPS) is 19.9. The van der Waals surface area contributed by atoms with E-state index in [0.29, 0.717) is 24.1 Å². The molecule has 0 radical (unpaired) electrons. The molecular formula is C31H43N3O3. The minimum atomic E-state index is -0.329. The van der Waals surface area contributed by atoms with Crippen molar-refractivity contribution in [3.05, 3.63) is 41.1 Å². The Bertz CT molecular complexity index is 1160. The van der Waals surface area contributed by atoms with Crippen LogP contribution in [-0.4, -0.2) is 66.6 Å². The lowest BCUT2D eigenvalue weighted by Crippen LogP contribution is -2.45. The zero-order valence-electron chi connectivity index (χ0n) is 22.9. The highest BCUT2D eigenvalue weighted by Crippen LogP contribution is 2.44. The van der Waals surface area contributed by atoms with Crippen LogP contribution >= 0.6 is 0 Å². The lowest BCUT2D eigenvalue weighted by atomic mass is 9.80. The molecule has 1 aromatic carbocycles. The maximum absolute atomic E-state index is 13.8. The number of piperidine rings is 1. The molecule has 200 valence electrons. The van der Waals surface area contributed by atoms with Crippen molar-refractivity contribution in [2.45, 2.75) is 89.1 Å². The molecule has 6 nitrogen and oxygen atoms in total. The fourth-order valence-electron chi connectivity index (χ4n) is 6.86. The van der Waals surface area contributed by atoms with Gasteiger partial charge in [0, 0.05) is 30.2 Å². The van der Waals surface area contributed by atoms with Crippen LogP contribution in [0.5, 0.6) is 0 Å². The maximum Gasteiger partial charge on any atom is 0.337 e. The number of benzene rings is 1. The number of allylic oxidation sites excluding steroid dienone is 2. The number of hydrogen-bond donors (Lipinski definition) is 0. The van der Waals surface area contributed by atoms with E-state index in [9.17, 15) is 9.59 Å². The van der Waals surface area contributed by atoms with Crippen LogP contribution in [0.1, 0.15) is 98.2 Å². The highest BCUT2D eigenvalue weighted by Gasteiger charge is 2.30. The number of esters is 1. The van der Waals surface area contributed by atoms with Gasteiger partial charge in [-0.25, -0.2) is 4.79 Å². The number of fused-ring (bicyclic) bond motifs is 1. The van der Waals surface area contributed by atoms with E-state index in [4.69, 9.17) is 4.74 Å². The summed E-state index contributed by atoms with van der Waals surface area (Å²) in [5, 5.41) is 1.21. The summed E-state index contributed by atoms with van der Waals surface area (Å²) in [5.74, 6) is 0.361. The second-order valence-corrected chi connectivity index (χ2v) is 11.5. The molecule has 2 heterocycles. The van der Waals surface area contributed by atoms with Crippen LogP contribution in [0.25, 0.3) is 16.5 Å². The average Bonchev–Trinajstić information content (AvgIpc) is 3.26. The molecule has 0 N–H and O–H groups in total. The quantitative estimate of drug-likeness (QED) is 0.453. The first-order valence-electron chi connectivity index (χ1n) is 14.4. The van der Waals surface area contributed by atoms with E-state index in [-0.39, 0.29) is 11.9 Å². The van der Waals surface area contributed by atoms with E-state index in [1.807, 2.05) is 12.1 Å². The lowest BCUT2D eigenvalue weighted by molar-refractivity contribution is -0.133. The van der Waals surface area contributed by atoms with Gasteiger partial charge in [0.15, 0.2) is 0 Å². The molecule has 0 bridgehead atoms. The number of likely N-dealkylation sites (tertiary alicyclic amines) is 1. The molecular weight excluding hydrogens is 462 g/mol. The fourth-order valence-corrected chi connectivity index (χ4v) is 6.86. The maximum atomic E-state index is 13.8. The molecule has 2 fully saturated rings. The van der Waals surface area contributed by atoms with Gasteiger partial charge >= 0.3 is 5.97 Å². The van der Waals surface area contributed by atoms with Gasteiger partial charge in [-0.3, -0.25) is 4.79 Å². The van der Waals surface area contributed by atoms with Gasteiger partial charge in [0.05, 0.1) is 18.2 Å². The van der Waals surface area contributed by atoms with E-state index in [2.05, 4.69) is 40.6 Å². The predicted molar refractivity (Wildman–Crippen MR) is 149 cm³/mol. The van der Waals surface area contributed by atoms with Crippen molar-refractivity contribution in [1.82, 2.24) is 14.4 Å². The summed E-state index contributed by atoms with van der Waals surface area (Å²) in [5.41, 5.74) is 5.62. The van der Waals surface area contributed by atoms with E-state index in [0.717, 1.165) is 44.3 Å². The largest absolute Gasteiger partial charge is 0.465 e. The predicted octanol–water partition coefficient (Wildman–Crippen LogP) is 5.99. The van der Waals surface area contributed by atoms with Crippen molar-refractivity contribution in [2.24, 2.45) is 0 Å². The minimum Gasteiger partial charge on any atom is -0.465 e. The highest BCUT2D eigenvalue weighted by molar-refractivity contribution is 5.98. The van der Waals surface area contributed by atoms with Crippen LogP contribution in [0.4, 0.5) is 0 Å². The molecule has 1 aromatic heterocycles. The van der Waals surface area contributed by atoms with Crippen molar-refractivity contribution in [2.75, 3.05) is 34.3 Å². The number of nitrogens with zero attached hydrogens (tertiary/aromatic N) is 3. The molecule has 2 aliphatic carbocycles. The second kappa shape index (κ2) is 11.4. The summed E-state index contributed by atoms with van der Waals surface area (Å²) in [6.45, 7) is 1.94. The molecule has 5 rings (SSSR count). The summed E-state index contributed by atoms with van der Waals surface area (Å²) in [6, 6.07) is 6.52. The number of hydrogen-bond acceptors (Lipinski definition) is 4. The molecule has 0 spiro atoms. The topological polar surface area (TPSA) is 54.8 Å². The molecule has 0 atom stereocenters. The zero-order chi connectivity index (χ0) is 25.9. The SMILES string of the molecule is COC(=O)c1ccc2c(C3CCCCC3)c(C3=CCCCC3)n(CC(=O)N3CCC(N(C)C)CC3)c2c1. The average molecular weight is 506 g/mol. The lowest BCUT2D eigenvalue weighted by Gasteiger charge is -2.35. The number of carbonyl (C=O) groups excluding carboxylic acids is 2. The van der Waals surface area contributed by atoms with Crippen LogP contribution in [0.3, 0.4) is 0 Å². The molecule has 1 saturated heterocycles. The van der Waals surface area contributed by atoms with Gasteiger partial charge in [-0.05, 0) is 94.6 Å². The van der Waals surface area contributed by atoms with Crippen molar-refractivity contribution in [3.8, 4) is 0 Å². The smallest absolute Gasteiger partial charge is 0.337 e. The fraction of sp³-hybridized carbons (Fsp3) is 0.613. The van der Waals surface area contributed by atoms with Crippen molar-refractivity contribution in [3.63, 3.8) is 0 Å². The summed E-state index contributed by atoms with van der Waals surface area (Å²) >= 11 is 0. The van der Waals surface area contributed by atoms with Gasteiger partial charge in [-0.15, -0.1) is 0 Å². The number of aromatic nitrogens is 1. The second-order valence-electron chi connectivity index (χ2n) is 11.5. The molecule has 6 heteroatoms. The van der Waals surface area contributed by atoms with E-state index in [1.165, 1.54) is 74.3 Å². The Balaban J connectivity index is 1.60. The molecule has 3 aliphatic rings. The number of amides is 1. The van der Waals surface area contributed by atoms with E-state index in [1.54, 1.807) is 0 Å². The van der Waals surface area contributed by atoms with E-state index >= 15 is 0 Å². The van der Waals surface area contributed by atoms with Gasteiger partial charge in [0.25, 0.3) is 0 Å². The minimum absolute atomic E-state index is 0.186. The molecule has 1 saturated carbocycles.